The number of rotatable bonds is 6. The molecule has 0 saturated carbocycles. The highest BCUT2D eigenvalue weighted by Gasteiger charge is 2.35. The molecule has 2 heterocycles. The highest BCUT2D eigenvalue weighted by molar-refractivity contribution is 9.10. The van der Waals surface area contributed by atoms with Gasteiger partial charge in [0.15, 0.2) is 0 Å². The van der Waals surface area contributed by atoms with Gasteiger partial charge >= 0.3 is 6.18 Å². The van der Waals surface area contributed by atoms with Crippen molar-refractivity contribution in [3.05, 3.63) is 97.9 Å². The molecule has 2 aliphatic heterocycles. The third-order valence-corrected chi connectivity index (χ3v) is 9.07. The zero-order valence-corrected chi connectivity index (χ0v) is 25.8. The highest BCUT2D eigenvalue weighted by atomic mass is 79.9. The number of piperazine rings is 1. The van der Waals surface area contributed by atoms with E-state index in [9.17, 15) is 13.2 Å². The predicted octanol–water partition coefficient (Wildman–Crippen LogP) is 7.28. The molecule has 0 N–H and O–H groups in total. The Kier molecular flexibility index (Phi) is 9.57. The fourth-order valence-electron chi connectivity index (χ4n) is 5.81. The summed E-state index contributed by atoms with van der Waals surface area (Å²) in [4.78, 5) is 9.12. The number of benzene rings is 3. The first-order valence-corrected chi connectivity index (χ1v) is 15.4. The summed E-state index contributed by atoms with van der Waals surface area (Å²) in [5, 5.41) is 0. The number of hydrogen-bond acceptors (Lipinski definition) is 4. The van der Waals surface area contributed by atoms with Crippen LogP contribution in [0.15, 0.2) is 75.7 Å². The standard InChI is InChI=1S/C31H35Br2F3N4/c1-37-13-2-14-39(18-15-37)28-11-12-29(31(34,35)36)25(21-28)22-38-16-19-40(20-17-38)30(23-3-7-26(32)8-4-23)24-5-9-27(33)10-6-24/h3-12,21,30H,2,13-20,22H2,1H3. The molecule has 2 saturated heterocycles. The average Bonchev–Trinajstić information content (AvgIpc) is 3.15. The summed E-state index contributed by atoms with van der Waals surface area (Å²) in [7, 11) is 2.10. The zero-order valence-electron chi connectivity index (χ0n) is 22.7. The Morgan fingerprint density at radius 2 is 1.32 bits per heavy atom. The number of alkyl halides is 3. The third kappa shape index (κ3) is 7.29. The van der Waals surface area contributed by atoms with Crippen molar-refractivity contribution in [3.8, 4) is 0 Å². The minimum absolute atomic E-state index is 0.0820. The largest absolute Gasteiger partial charge is 0.416 e. The molecule has 5 rings (SSSR count). The van der Waals surface area contributed by atoms with Crippen LogP contribution < -0.4 is 4.90 Å². The van der Waals surface area contributed by atoms with E-state index in [0.717, 1.165) is 60.3 Å². The maximum atomic E-state index is 14.0. The van der Waals surface area contributed by atoms with Gasteiger partial charge in [0.25, 0.3) is 0 Å². The highest BCUT2D eigenvalue weighted by Crippen LogP contribution is 2.36. The van der Waals surface area contributed by atoms with Gasteiger partial charge in [0.05, 0.1) is 11.6 Å². The fourth-order valence-corrected chi connectivity index (χ4v) is 6.34. The Morgan fingerprint density at radius 3 is 1.90 bits per heavy atom. The maximum absolute atomic E-state index is 14.0. The van der Waals surface area contributed by atoms with Crippen LogP contribution in [0.5, 0.6) is 0 Å². The van der Waals surface area contributed by atoms with Crippen molar-refractivity contribution in [3.63, 3.8) is 0 Å². The first-order chi connectivity index (χ1) is 19.2. The lowest BCUT2D eigenvalue weighted by Crippen LogP contribution is -2.47. The van der Waals surface area contributed by atoms with Crippen LogP contribution in [0, 0.1) is 0 Å². The molecular weight excluding hydrogens is 645 g/mol. The van der Waals surface area contributed by atoms with E-state index in [1.807, 2.05) is 0 Å². The molecule has 2 aliphatic rings. The van der Waals surface area contributed by atoms with Crippen LogP contribution in [0.2, 0.25) is 0 Å². The van der Waals surface area contributed by atoms with Crippen LogP contribution in [0.25, 0.3) is 0 Å². The lowest BCUT2D eigenvalue weighted by molar-refractivity contribution is -0.138. The summed E-state index contributed by atoms with van der Waals surface area (Å²) < 4.78 is 44.2. The van der Waals surface area contributed by atoms with Crippen LogP contribution in [0.4, 0.5) is 18.9 Å². The van der Waals surface area contributed by atoms with Gasteiger partial charge in [0.2, 0.25) is 0 Å². The molecule has 9 heteroatoms. The Morgan fingerprint density at radius 1 is 0.725 bits per heavy atom. The molecule has 0 unspecified atom stereocenters. The summed E-state index contributed by atoms with van der Waals surface area (Å²) in [6.45, 7) is 6.87. The van der Waals surface area contributed by atoms with Gasteiger partial charge in [-0.3, -0.25) is 9.80 Å². The van der Waals surface area contributed by atoms with E-state index in [1.54, 1.807) is 12.1 Å². The molecule has 0 bridgehead atoms. The third-order valence-electron chi connectivity index (χ3n) is 8.02. The predicted molar refractivity (Wildman–Crippen MR) is 163 cm³/mol. The molecular formula is C31H35Br2F3N4. The molecule has 4 nitrogen and oxygen atoms in total. The number of nitrogens with zero attached hydrogens (tertiary/aromatic N) is 4. The second-order valence-corrected chi connectivity index (χ2v) is 12.6. The Bertz CT molecular complexity index is 1210. The minimum atomic E-state index is -4.37. The van der Waals surface area contributed by atoms with Gasteiger partial charge in [0.1, 0.15) is 0 Å². The molecule has 3 aromatic carbocycles. The van der Waals surface area contributed by atoms with Crippen LogP contribution in [-0.4, -0.2) is 74.1 Å². The number of anilines is 1. The second-order valence-electron chi connectivity index (χ2n) is 10.8. The van der Waals surface area contributed by atoms with Crippen LogP contribution in [0.1, 0.15) is 34.7 Å². The van der Waals surface area contributed by atoms with Crippen molar-refractivity contribution in [1.82, 2.24) is 14.7 Å². The Balaban J connectivity index is 1.33. The lowest BCUT2D eigenvalue weighted by Gasteiger charge is -2.40. The van der Waals surface area contributed by atoms with E-state index < -0.39 is 11.7 Å². The van der Waals surface area contributed by atoms with E-state index in [1.165, 1.54) is 17.2 Å². The molecule has 2 fully saturated rings. The van der Waals surface area contributed by atoms with Crippen molar-refractivity contribution in [2.45, 2.75) is 25.2 Å². The molecule has 0 aliphatic carbocycles. The van der Waals surface area contributed by atoms with Crippen molar-refractivity contribution in [2.75, 3.05) is 64.3 Å². The summed E-state index contributed by atoms with van der Waals surface area (Å²) in [6.07, 6.45) is -3.37. The summed E-state index contributed by atoms with van der Waals surface area (Å²) >= 11 is 7.08. The molecule has 0 atom stereocenters. The van der Waals surface area contributed by atoms with E-state index in [2.05, 4.69) is 107 Å². The van der Waals surface area contributed by atoms with E-state index in [-0.39, 0.29) is 6.04 Å². The SMILES string of the molecule is CN1CCCN(c2ccc(C(F)(F)F)c(CN3CCN(C(c4ccc(Br)cc4)c4ccc(Br)cc4)CC3)c2)CC1. The van der Waals surface area contributed by atoms with Gasteiger partial charge in [-0.2, -0.15) is 13.2 Å². The monoisotopic (exact) mass is 678 g/mol. The van der Waals surface area contributed by atoms with Gasteiger partial charge in [0, 0.05) is 67.0 Å². The zero-order chi connectivity index (χ0) is 28.3. The van der Waals surface area contributed by atoms with Crippen LogP contribution in [-0.2, 0) is 12.7 Å². The van der Waals surface area contributed by atoms with Crippen LogP contribution in [0.3, 0.4) is 0 Å². The topological polar surface area (TPSA) is 13.0 Å². The Hall–Kier alpha value is -1.91. The van der Waals surface area contributed by atoms with Gasteiger partial charge in [-0.15, -0.1) is 0 Å². The fraction of sp³-hybridized carbons (Fsp3) is 0.419. The second kappa shape index (κ2) is 12.9. The summed E-state index contributed by atoms with van der Waals surface area (Å²) in [5.74, 6) is 0. The number of halogens is 5. The maximum Gasteiger partial charge on any atom is 0.416 e. The number of hydrogen-bond donors (Lipinski definition) is 0. The molecule has 0 amide bonds. The normalized spacial score (nSPS) is 18.3. The number of likely N-dealkylation sites (N-methyl/N-ethyl adjacent to an activating group) is 1. The molecule has 3 aromatic rings. The van der Waals surface area contributed by atoms with Crippen molar-refractivity contribution < 1.29 is 13.2 Å². The molecule has 0 aromatic heterocycles. The van der Waals surface area contributed by atoms with Gasteiger partial charge in [-0.1, -0.05) is 56.1 Å². The molecule has 0 spiro atoms. The minimum Gasteiger partial charge on any atom is -0.370 e. The van der Waals surface area contributed by atoms with E-state index >= 15 is 0 Å². The first-order valence-electron chi connectivity index (χ1n) is 13.8. The van der Waals surface area contributed by atoms with Gasteiger partial charge < -0.3 is 9.80 Å². The van der Waals surface area contributed by atoms with Gasteiger partial charge in [-0.25, -0.2) is 0 Å². The van der Waals surface area contributed by atoms with Crippen molar-refractivity contribution in [1.29, 1.82) is 0 Å². The summed E-state index contributed by atoms with van der Waals surface area (Å²) in [5.41, 5.74) is 3.15. The van der Waals surface area contributed by atoms with E-state index in [4.69, 9.17) is 0 Å². The molecule has 0 radical (unpaired) electrons. The van der Waals surface area contributed by atoms with Gasteiger partial charge in [-0.05, 0) is 79.2 Å². The Labute approximate surface area is 252 Å². The van der Waals surface area contributed by atoms with Crippen molar-refractivity contribution in [2.24, 2.45) is 0 Å². The molecule has 40 heavy (non-hydrogen) atoms. The summed E-state index contributed by atoms with van der Waals surface area (Å²) in [6, 6.07) is 21.6. The lowest BCUT2D eigenvalue weighted by atomic mass is 9.96. The van der Waals surface area contributed by atoms with E-state index in [0.29, 0.717) is 25.2 Å². The average molecular weight is 680 g/mol. The first kappa shape index (κ1) is 29.6. The molecule has 214 valence electrons. The van der Waals surface area contributed by atoms with Crippen LogP contribution >= 0.6 is 31.9 Å². The van der Waals surface area contributed by atoms with Crippen molar-refractivity contribution >= 4 is 37.5 Å². The smallest absolute Gasteiger partial charge is 0.370 e. The quantitative estimate of drug-likeness (QED) is 0.272.